The molecule has 0 amide bonds. The molecule has 1 saturated heterocycles. The third-order valence-corrected chi connectivity index (χ3v) is 8.06. The molecule has 2 aliphatic heterocycles. The van der Waals surface area contributed by atoms with Crippen molar-refractivity contribution in [1.82, 2.24) is 4.98 Å². The lowest BCUT2D eigenvalue weighted by Gasteiger charge is -2.43. The van der Waals surface area contributed by atoms with Gasteiger partial charge in [-0.1, -0.05) is 40.7 Å². The number of nitrogens with zero attached hydrogens (tertiary/aromatic N) is 1. The standard InChI is InChI=1S/C28H33F4NO3/c1-14(2)24-22-23(21-19(33-24)11-26(4,5)12-20(21)34)27(8-9-35-13-15(27)3)36-25(22)17-7-6-16(10-18(17)29)28(30,31)32/h6-7,10,14-15,20,25,34H,8-9,11-13H2,1-5H3. The number of hydrogen-bond donors (Lipinski definition) is 1. The van der Waals surface area contributed by atoms with Crippen molar-refractivity contribution >= 4 is 0 Å². The summed E-state index contributed by atoms with van der Waals surface area (Å²) in [5.74, 6) is -1.12. The molecule has 5 rings (SSSR count). The third kappa shape index (κ3) is 3.96. The van der Waals surface area contributed by atoms with E-state index >= 15 is 4.39 Å². The maximum Gasteiger partial charge on any atom is 0.416 e. The molecule has 8 heteroatoms. The fourth-order valence-electron chi connectivity index (χ4n) is 6.36. The SMILES string of the molecule is CC(C)c1nc2c(c3c1C(c1ccc(C(F)(F)F)cc1F)OC31CCOCC1C)C(O)CC(C)(C)C2. The van der Waals surface area contributed by atoms with E-state index < -0.39 is 35.4 Å². The second kappa shape index (κ2) is 8.50. The van der Waals surface area contributed by atoms with Gasteiger partial charge in [0.2, 0.25) is 0 Å². The number of aliphatic hydroxyl groups is 1. The second-order valence-electron chi connectivity index (χ2n) is 11.7. The number of pyridine rings is 1. The van der Waals surface area contributed by atoms with Crippen LogP contribution in [0, 0.1) is 17.2 Å². The molecule has 36 heavy (non-hydrogen) atoms. The molecule has 1 aromatic heterocycles. The molecule has 3 aliphatic rings. The van der Waals surface area contributed by atoms with Gasteiger partial charge in [-0.05, 0) is 41.9 Å². The Labute approximate surface area is 209 Å². The highest BCUT2D eigenvalue weighted by Crippen LogP contribution is 2.59. The summed E-state index contributed by atoms with van der Waals surface area (Å²) in [6.07, 6.45) is -4.60. The molecule has 1 fully saturated rings. The van der Waals surface area contributed by atoms with Gasteiger partial charge in [0.25, 0.3) is 0 Å². The first-order valence-corrected chi connectivity index (χ1v) is 12.6. The Hall–Kier alpha value is -2.03. The summed E-state index contributed by atoms with van der Waals surface area (Å²) in [6, 6.07) is 2.62. The van der Waals surface area contributed by atoms with Gasteiger partial charge < -0.3 is 14.6 Å². The molecule has 0 saturated carbocycles. The number of rotatable bonds is 2. The Bertz CT molecular complexity index is 1190. The Morgan fingerprint density at radius 2 is 1.89 bits per heavy atom. The molecule has 1 N–H and O–H groups in total. The van der Waals surface area contributed by atoms with Gasteiger partial charge in [0.1, 0.15) is 17.5 Å². The zero-order valence-corrected chi connectivity index (χ0v) is 21.3. The van der Waals surface area contributed by atoms with Crippen molar-refractivity contribution < 1.29 is 32.1 Å². The van der Waals surface area contributed by atoms with E-state index in [0.717, 1.165) is 28.6 Å². The predicted molar refractivity (Wildman–Crippen MR) is 126 cm³/mol. The van der Waals surface area contributed by atoms with Crippen LogP contribution in [0.4, 0.5) is 17.6 Å². The summed E-state index contributed by atoms with van der Waals surface area (Å²) in [5.41, 5.74) is 1.87. The molecule has 4 nitrogen and oxygen atoms in total. The van der Waals surface area contributed by atoms with E-state index in [1.165, 1.54) is 6.07 Å². The Kier molecular flexibility index (Phi) is 6.05. The largest absolute Gasteiger partial charge is 0.416 e. The van der Waals surface area contributed by atoms with Gasteiger partial charge in [-0.25, -0.2) is 4.39 Å². The minimum atomic E-state index is -4.65. The molecule has 0 bridgehead atoms. The third-order valence-electron chi connectivity index (χ3n) is 8.06. The first kappa shape index (κ1) is 25.6. The number of hydrogen-bond acceptors (Lipinski definition) is 4. The summed E-state index contributed by atoms with van der Waals surface area (Å²) >= 11 is 0. The Balaban J connectivity index is 1.80. The van der Waals surface area contributed by atoms with Crippen molar-refractivity contribution in [1.29, 1.82) is 0 Å². The quantitative estimate of drug-likeness (QED) is 0.458. The van der Waals surface area contributed by atoms with E-state index in [1.54, 1.807) is 0 Å². The van der Waals surface area contributed by atoms with Crippen molar-refractivity contribution in [2.45, 2.75) is 83.8 Å². The first-order chi connectivity index (χ1) is 16.7. The van der Waals surface area contributed by atoms with Crippen LogP contribution >= 0.6 is 0 Å². The van der Waals surface area contributed by atoms with Crippen molar-refractivity contribution in [3.8, 4) is 0 Å². The van der Waals surface area contributed by atoms with Gasteiger partial charge in [0.05, 0.1) is 18.3 Å². The number of fused-ring (bicyclic) bond motifs is 4. The van der Waals surface area contributed by atoms with Crippen LogP contribution in [-0.4, -0.2) is 23.3 Å². The normalized spacial score (nSPS) is 29.5. The predicted octanol–water partition coefficient (Wildman–Crippen LogP) is 6.74. The highest BCUT2D eigenvalue weighted by atomic mass is 19.4. The highest BCUT2D eigenvalue weighted by Gasteiger charge is 2.55. The monoisotopic (exact) mass is 507 g/mol. The summed E-state index contributed by atoms with van der Waals surface area (Å²) < 4.78 is 67.7. The van der Waals surface area contributed by atoms with Crippen LogP contribution in [0.25, 0.3) is 0 Å². The molecule has 3 heterocycles. The summed E-state index contributed by atoms with van der Waals surface area (Å²) in [4.78, 5) is 5.02. The summed E-state index contributed by atoms with van der Waals surface area (Å²) in [7, 11) is 0. The molecule has 1 spiro atoms. The number of benzene rings is 1. The highest BCUT2D eigenvalue weighted by molar-refractivity contribution is 5.55. The van der Waals surface area contributed by atoms with Gasteiger partial charge in [-0.3, -0.25) is 4.98 Å². The van der Waals surface area contributed by atoms with E-state index in [1.807, 2.05) is 20.8 Å². The minimum absolute atomic E-state index is 0.0415. The average molecular weight is 508 g/mol. The van der Waals surface area contributed by atoms with Crippen molar-refractivity contribution in [2.24, 2.45) is 11.3 Å². The number of aliphatic hydroxyl groups excluding tert-OH is 1. The van der Waals surface area contributed by atoms with E-state index in [2.05, 4.69) is 13.8 Å². The van der Waals surface area contributed by atoms with Gasteiger partial charge in [-0.15, -0.1) is 0 Å². The Morgan fingerprint density at radius 1 is 1.17 bits per heavy atom. The van der Waals surface area contributed by atoms with E-state index in [4.69, 9.17) is 14.5 Å². The van der Waals surface area contributed by atoms with Gasteiger partial charge in [-0.2, -0.15) is 13.2 Å². The molecular weight excluding hydrogens is 474 g/mol. The van der Waals surface area contributed by atoms with Crippen LogP contribution in [0.1, 0.15) is 105 Å². The summed E-state index contributed by atoms with van der Waals surface area (Å²) in [5, 5.41) is 11.4. The molecule has 0 radical (unpaired) electrons. The fraction of sp³-hybridized carbons (Fsp3) is 0.607. The van der Waals surface area contributed by atoms with E-state index in [-0.39, 0.29) is 22.8 Å². The molecule has 4 unspecified atom stereocenters. The first-order valence-electron chi connectivity index (χ1n) is 12.6. The lowest BCUT2D eigenvalue weighted by atomic mass is 9.68. The van der Waals surface area contributed by atoms with Crippen molar-refractivity contribution in [3.05, 3.63) is 63.2 Å². The summed E-state index contributed by atoms with van der Waals surface area (Å²) in [6.45, 7) is 11.1. The topological polar surface area (TPSA) is 51.6 Å². The number of halogens is 4. The number of alkyl halides is 3. The molecule has 1 aliphatic carbocycles. The second-order valence-corrected chi connectivity index (χ2v) is 11.7. The van der Waals surface area contributed by atoms with Gasteiger partial charge in [0, 0.05) is 47.0 Å². The molecular formula is C28H33F4NO3. The molecule has 2 aromatic rings. The van der Waals surface area contributed by atoms with Crippen LogP contribution in [0.2, 0.25) is 0 Å². The van der Waals surface area contributed by atoms with E-state index in [0.29, 0.717) is 44.1 Å². The van der Waals surface area contributed by atoms with E-state index in [9.17, 15) is 18.3 Å². The lowest BCUT2D eigenvalue weighted by molar-refractivity contribution is -0.157. The Morgan fingerprint density at radius 3 is 2.50 bits per heavy atom. The van der Waals surface area contributed by atoms with Gasteiger partial charge >= 0.3 is 6.18 Å². The van der Waals surface area contributed by atoms with Crippen molar-refractivity contribution in [2.75, 3.05) is 13.2 Å². The molecule has 1 aromatic carbocycles. The van der Waals surface area contributed by atoms with Crippen LogP contribution in [0.5, 0.6) is 0 Å². The lowest BCUT2D eigenvalue weighted by Crippen LogP contribution is -2.43. The van der Waals surface area contributed by atoms with Crippen LogP contribution < -0.4 is 0 Å². The zero-order valence-electron chi connectivity index (χ0n) is 21.3. The number of aromatic nitrogens is 1. The minimum Gasteiger partial charge on any atom is -0.388 e. The molecule has 4 atom stereocenters. The smallest absolute Gasteiger partial charge is 0.388 e. The maximum atomic E-state index is 15.4. The zero-order chi connectivity index (χ0) is 26.2. The maximum absolute atomic E-state index is 15.4. The van der Waals surface area contributed by atoms with Crippen molar-refractivity contribution in [3.63, 3.8) is 0 Å². The fourth-order valence-corrected chi connectivity index (χ4v) is 6.36. The number of ether oxygens (including phenoxy) is 2. The molecule has 196 valence electrons. The van der Waals surface area contributed by atoms with Gasteiger partial charge in [0.15, 0.2) is 0 Å². The van der Waals surface area contributed by atoms with Crippen LogP contribution in [0.15, 0.2) is 18.2 Å². The van der Waals surface area contributed by atoms with Crippen LogP contribution in [0.3, 0.4) is 0 Å². The van der Waals surface area contributed by atoms with Crippen LogP contribution in [-0.2, 0) is 27.7 Å². The average Bonchev–Trinajstić information content (AvgIpc) is 3.09.